The Balaban J connectivity index is 0.000000511. The van der Waals surface area contributed by atoms with E-state index < -0.39 is 25.2 Å². The molecule has 0 saturated heterocycles. The van der Waals surface area contributed by atoms with Crippen molar-refractivity contribution < 1.29 is 39.4 Å². The summed E-state index contributed by atoms with van der Waals surface area (Å²) in [6.07, 6.45) is 4.18. The normalized spacial score (nSPS) is 9.65. The van der Waals surface area contributed by atoms with Gasteiger partial charge in [-0.25, -0.2) is 15.5 Å². The van der Waals surface area contributed by atoms with Gasteiger partial charge < -0.3 is 15.1 Å². The fourth-order valence-corrected chi connectivity index (χ4v) is 0.778. The molecule has 0 atom stereocenters. The average molecular weight is 288 g/mol. The molecule has 0 saturated carbocycles. The average Bonchev–Trinajstić information content (AvgIpc) is 2.37. The molecule has 1 aromatic heterocycles. The lowest BCUT2D eigenvalue weighted by atomic mass is 10.3. The van der Waals surface area contributed by atoms with E-state index >= 15 is 0 Å². The van der Waals surface area contributed by atoms with Gasteiger partial charge in [0.05, 0.1) is 6.21 Å². The number of nitrogens with zero attached hydrogens (tertiary/aromatic N) is 2. The van der Waals surface area contributed by atoms with E-state index in [0.717, 1.165) is 4.73 Å². The highest BCUT2D eigenvalue weighted by atomic mass is 16.6. The van der Waals surface area contributed by atoms with Crippen LogP contribution in [0, 0.1) is 0 Å². The third-order valence-corrected chi connectivity index (χ3v) is 1.51. The Bertz CT molecular complexity index is 447. The Morgan fingerprint density at radius 3 is 2.20 bits per heavy atom. The standard InChI is InChI=1S/C8H8N2O4.C2H5NO3/c11-8(12)6-14-9-5-7-1-3-10(13)4-2-7;3-6-1-2(4)5/h1-5H,6H2,(H-,9,11,12,13);1,3H2,(H,4,5)/p+1. The molecule has 110 valence electrons. The summed E-state index contributed by atoms with van der Waals surface area (Å²) in [4.78, 5) is 27.5. The molecule has 1 heterocycles. The van der Waals surface area contributed by atoms with Gasteiger partial charge in [-0.3, -0.25) is 10.0 Å². The SMILES string of the molecule is NOCC(=O)O.O=C(O)CO/N=C/c1cc[n+](O)cc1. The molecule has 0 aliphatic rings. The highest BCUT2D eigenvalue weighted by Gasteiger charge is 1.96. The van der Waals surface area contributed by atoms with E-state index in [1.54, 1.807) is 12.1 Å². The van der Waals surface area contributed by atoms with Gasteiger partial charge in [-0.2, -0.15) is 0 Å². The number of pyridine rings is 1. The Kier molecular flexibility index (Phi) is 8.83. The van der Waals surface area contributed by atoms with E-state index in [0.29, 0.717) is 5.56 Å². The number of carboxylic acid groups (broad SMARTS) is 2. The zero-order valence-corrected chi connectivity index (χ0v) is 10.2. The van der Waals surface area contributed by atoms with Crippen LogP contribution in [0.4, 0.5) is 0 Å². The first-order chi connectivity index (χ1) is 9.45. The summed E-state index contributed by atoms with van der Waals surface area (Å²) >= 11 is 0. The van der Waals surface area contributed by atoms with Crippen molar-refractivity contribution >= 4 is 18.2 Å². The fourth-order valence-electron chi connectivity index (χ4n) is 0.778. The molecule has 5 N–H and O–H groups in total. The van der Waals surface area contributed by atoms with Gasteiger partial charge >= 0.3 is 11.9 Å². The van der Waals surface area contributed by atoms with Crippen molar-refractivity contribution in [2.45, 2.75) is 0 Å². The topological polar surface area (TPSA) is 156 Å². The minimum atomic E-state index is -1.08. The van der Waals surface area contributed by atoms with Crippen LogP contribution in [-0.4, -0.2) is 46.8 Å². The summed E-state index contributed by atoms with van der Waals surface area (Å²) in [5.41, 5.74) is 0.695. The van der Waals surface area contributed by atoms with E-state index in [-0.39, 0.29) is 0 Å². The molecule has 0 aliphatic carbocycles. The molecule has 0 radical (unpaired) electrons. The van der Waals surface area contributed by atoms with E-state index in [2.05, 4.69) is 20.7 Å². The lowest BCUT2D eigenvalue weighted by molar-refractivity contribution is -0.904. The van der Waals surface area contributed by atoms with E-state index in [1.807, 2.05) is 0 Å². The first-order valence-electron chi connectivity index (χ1n) is 5.07. The quantitative estimate of drug-likeness (QED) is 0.216. The second-order valence-corrected chi connectivity index (χ2v) is 3.12. The summed E-state index contributed by atoms with van der Waals surface area (Å²) in [6.45, 7) is -0.899. The number of oxime groups is 1. The lowest BCUT2D eigenvalue weighted by Crippen LogP contribution is -2.27. The maximum absolute atomic E-state index is 10.0. The molecular formula is C10H14N3O7+. The molecule has 10 nitrogen and oxygen atoms in total. The number of nitrogens with two attached hydrogens (primary N) is 1. The molecule has 0 spiro atoms. The van der Waals surface area contributed by atoms with Crippen LogP contribution < -0.4 is 10.6 Å². The Labute approximate surface area is 113 Å². The maximum Gasteiger partial charge on any atom is 0.344 e. The number of rotatable bonds is 6. The van der Waals surface area contributed by atoms with Gasteiger partial charge in [0.1, 0.15) is 0 Å². The number of aliphatic carboxylic acids is 2. The highest BCUT2D eigenvalue weighted by Crippen LogP contribution is 1.90. The number of aromatic nitrogens is 1. The van der Waals surface area contributed by atoms with Crippen LogP contribution in [0.3, 0.4) is 0 Å². The first kappa shape index (κ1) is 17.3. The van der Waals surface area contributed by atoms with Crippen molar-refractivity contribution in [3.8, 4) is 0 Å². The zero-order valence-electron chi connectivity index (χ0n) is 10.2. The van der Waals surface area contributed by atoms with Gasteiger partial charge in [0.25, 0.3) is 0 Å². The van der Waals surface area contributed by atoms with Crippen LogP contribution >= 0.6 is 0 Å². The Morgan fingerprint density at radius 2 is 1.80 bits per heavy atom. The van der Waals surface area contributed by atoms with E-state index in [4.69, 9.17) is 15.4 Å². The van der Waals surface area contributed by atoms with Crippen LogP contribution in [0.25, 0.3) is 0 Å². The van der Waals surface area contributed by atoms with Crippen LogP contribution in [-0.2, 0) is 19.3 Å². The Hall–Kier alpha value is -2.72. The number of carbonyl (C=O) groups is 2. The fraction of sp³-hybridized carbons (Fsp3) is 0.200. The van der Waals surface area contributed by atoms with Crippen LogP contribution in [0.5, 0.6) is 0 Å². The molecule has 0 bridgehead atoms. The van der Waals surface area contributed by atoms with Gasteiger partial charge in [0, 0.05) is 22.4 Å². The predicted octanol–water partition coefficient (Wildman–Crippen LogP) is -1.39. The van der Waals surface area contributed by atoms with Gasteiger partial charge in [0.15, 0.2) is 6.61 Å². The largest absolute Gasteiger partial charge is 0.479 e. The predicted molar refractivity (Wildman–Crippen MR) is 62.8 cm³/mol. The Morgan fingerprint density at radius 1 is 1.25 bits per heavy atom. The molecule has 0 aromatic carbocycles. The molecule has 10 heteroatoms. The van der Waals surface area contributed by atoms with Crippen LogP contribution in [0.1, 0.15) is 5.56 Å². The van der Waals surface area contributed by atoms with E-state index in [9.17, 15) is 9.59 Å². The molecule has 0 fully saturated rings. The molecular weight excluding hydrogens is 274 g/mol. The maximum atomic E-state index is 10.0. The van der Waals surface area contributed by atoms with Crippen molar-refractivity contribution in [1.82, 2.24) is 0 Å². The van der Waals surface area contributed by atoms with Crippen molar-refractivity contribution in [2.75, 3.05) is 13.2 Å². The van der Waals surface area contributed by atoms with Gasteiger partial charge in [-0.15, -0.1) is 0 Å². The summed E-state index contributed by atoms with van der Waals surface area (Å²) in [6, 6.07) is 3.18. The minimum absolute atomic E-state index is 0.431. The second kappa shape index (κ2) is 10.2. The minimum Gasteiger partial charge on any atom is -0.479 e. The van der Waals surface area contributed by atoms with Gasteiger partial charge in [0.2, 0.25) is 19.0 Å². The molecule has 20 heavy (non-hydrogen) atoms. The van der Waals surface area contributed by atoms with Crippen molar-refractivity contribution in [3.05, 3.63) is 30.1 Å². The number of hydrogen-bond acceptors (Lipinski definition) is 7. The number of carboxylic acids is 2. The summed E-state index contributed by atoms with van der Waals surface area (Å²) in [5.74, 6) is 2.21. The molecule has 1 aromatic rings. The smallest absolute Gasteiger partial charge is 0.344 e. The lowest BCUT2D eigenvalue weighted by Gasteiger charge is -1.92. The zero-order chi connectivity index (χ0) is 15.4. The van der Waals surface area contributed by atoms with Gasteiger partial charge in [-0.05, 0) is 0 Å². The highest BCUT2D eigenvalue weighted by molar-refractivity contribution is 5.78. The summed E-state index contributed by atoms with van der Waals surface area (Å²) in [7, 11) is 0. The van der Waals surface area contributed by atoms with Crippen LogP contribution in [0.15, 0.2) is 29.7 Å². The second-order valence-electron chi connectivity index (χ2n) is 3.12. The molecule has 0 aliphatic heterocycles. The van der Waals surface area contributed by atoms with Crippen LogP contribution in [0.2, 0.25) is 0 Å². The molecule has 0 amide bonds. The molecule has 1 rings (SSSR count). The molecule has 0 unspecified atom stereocenters. The summed E-state index contributed by atoms with van der Waals surface area (Å²) < 4.78 is 0.884. The third-order valence-electron chi connectivity index (χ3n) is 1.51. The van der Waals surface area contributed by atoms with Crippen molar-refractivity contribution in [1.29, 1.82) is 0 Å². The van der Waals surface area contributed by atoms with Crippen molar-refractivity contribution in [2.24, 2.45) is 11.1 Å². The monoisotopic (exact) mass is 288 g/mol. The van der Waals surface area contributed by atoms with Gasteiger partial charge in [-0.1, -0.05) is 5.16 Å². The first-order valence-corrected chi connectivity index (χ1v) is 5.07. The summed E-state index contributed by atoms with van der Waals surface area (Å²) in [5, 5.41) is 28.2. The van der Waals surface area contributed by atoms with E-state index in [1.165, 1.54) is 18.6 Å². The number of hydrogen-bond donors (Lipinski definition) is 4. The third kappa shape index (κ3) is 10.4. The van der Waals surface area contributed by atoms with Crippen molar-refractivity contribution in [3.63, 3.8) is 0 Å².